The number of hydrazine groups is 1. The van der Waals surface area contributed by atoms with E-state index in [4.69, 9.17) is 5.84 Å². The third kappa shape index (κ3) is 2.60. The van der Waals surface area contributed by atoms with Crippen molar-refractivity contribution in [3.05, 3.63) is 53.6 Å². The molecule has 1 atom stereocenters. The number of hydrogen-bond acceptors (Lipinski definition) is 3. The third-order valence-corrected chi connectivity index (χ3v) is 3.05. The van der Waals surface area contributed by atoms with E-state index in [2.05, 4.69) is 53.1 Å². The monoisotopic (exact) mass is 244 g/mol. The average Bonchev–Trinajstić information content (AvgIpc) is 2.82. The van der Waals surface area contributed by atoms with Crippen molar-refractivity contribution in [2.24, 2.45) is 5.84 Å². The number of nitrogens with zero attached hydrogens (tertiary/aromatic N) is 2. The zero-order valence-electron chi connectivity index (χ0n) is 10.9. The molecule has 0 aliphatic rings. The van der Waals surface area contributed by atoms with Gasteiger partial charge in [0.1, 0.15) is 11.9 Å². The van der Waals surface area contributed by atoms with Crippen molar-refractivity contribution < 1.29 is 0 Å². The van der Waals surface area contributed by atoms with Crippen LogP contribution in [0.5, 0.6) is 0 Å². The van der Waals surface area contributed by atoms with Gasteiger partial charge >= 0.3 is 0 Å². The molecule has 0 aliphatic heterocycles. The molecule has 96 valence electrons. The predicted octanol–water partition coefficient (Wildman–Crippen LogP) is 2.15. The second-order valence-corrected chi connectivity index (χ2v) is 4.49. The summed E-state index contributed by atoms with van der Waals surface area (Å²) in [5.74, 6) is 6.66. The van der Waals surface area contributed by atoms with Crippen LogP contribution in [0, 0.1) is 6.92 Å². The molecular formula is C14H20N4. The normalized spacial score (nSPS) is 12.6. The lowest BCUT2D eigenvalue weighted by Crippen LogP contribution is -2.31. The Bertz CT molecular complexity index is 487. The van der Waals surface area contributed by atoms with Crippen molar-refractivity contribution in [1.29, 1.82) is 0 Å². The number of aromatic nitrogens is 2. The molecule has 2 aromatic rings. The van der Waals surface area contributed by atoms with Gasteiger partial charge in [0.25, 0.3) is 0 Å². The predicted molar refractivity (Wildman–Crippen MR) is 72.9 cm³/mol. The highest BCUT2D eigenvalue weighted by molar-refractivity contribution is 5.28. The first-order valence-electron chi connectivity index (χ1n) is 6.30. The van der Waals surface area contributed by atoms with E-state index in [0.717, 1.165) is 24.4 Å². The highest BCUT2D eigenvalue weighted by atomic mass is 15.3. The van der Waals surface area contributed by atoms with Crippen molar-refractivity contribution >= 4 is 0 Å². The van der Waals surface area contributed by atoms with Crippen LogP contribution in [0.2, 0.25) is 0 Å². The Morgan fingerprint density at radius 2 is 2.06 bits per heavy atom. The molecule has 0 bridgehead atoms. The first-order valence-corrected chi connectivity index (χ1v) is 6.30. The summed E-state index contributed by atoms with van der Waals surface area (Å²) in [6.45, 7) is 5.19. The van der Waals surface area contributed by atoms with Crippen LogP contribution in [0.4, 0.5) is 0 Å². The van der Waals surface area contributed by atoms with Gasteiger partial charge in [-0.25, -0.2) is 10.4 Å². The van der Waals surface area contributed by atoms with Crippen LogP contribution in [0.1, 0.15) is 36.3 Å². The average molecular weight is 244 g/mol. The number of aryl methyl sites for hydroxylation is 2. The first kappa shape index (κ1) is 12.8. The molecule has 0 saturated carbocycles. The summed E-state index contributed by atoms with van der Waals surface area (Å²) in [7, 11) is 0. The molecule has 0 aliphatic carbocycles. The van der Waals surface area contributed by atoms with E-state index in [9.17, 15) is 0 Å². The quantitative estimate of drug-likeness (QED) is 0.626. The van der Waals surface area contributed by atoms with E-state index < -0.39 is 0 Å². The van der Waals surface area contributed by atoms with Crippen LogP contribution < -0.4 is 11.3 Å². The Hall–Kier alpha value is -1.65. The molecule has 0 fully saturated rings. The number of nitrogens with two attached hydrogens (primary N) is 1. The van der Waals surface area contributed by atoms with Crippen LogP contribution in [-0.4, -0.2) is 9.55 Å². The van der Waals surface area contributed by atoms with E-state index in [1.165, 1.54) is 5.56 Å². The molecule has 0 amide bonds. The second-order valence-electron chi connectivity index (χ2n) is 4.49. The highest BCUT2D eigenvalue weighted by Crippen LogP contribution is 2.20. The van der Waals surface area contributed by atoms with Crippen molar-refractivity contribution in [3.63, 3.8) is 0 Å². The lowest BCUT2D eigenvalue weighted by atomic mass is 10.1. The number of imidazole rings is 1. The zero-order valence-corrected chi connectivity index (χ0v) is 10.9. The topological polar surface area (TPSA) is 55.9 Å². The SMILES string of the molecule is CCCn1ccnc1C(NN)c1ccc(C)cc1. The number of nitrogens with one attached hydrogen (secondary N) is 1. The summed E-state index contributed by atoms with van der Waals surface area (Å²) in [6, 6.07) is 8.29. The maximum Gasteiger partial charge on any atom is 0.131 e. The van der Waals surface area contributed by atoms with Gasteiger partial charge in [-0.05, 0) is 18.9 Å². The molecule has 3 N–H and O–H groups in total. The minimum absolute atomic E-state index is 0.0628. The van der Waals surface area contributed by atoms with Gasteiger partial charge < -0.3 is 4.57 Å². The van der Waals surface area contributed by atoms with Gasteiger partial charge in [-0.2, -0.15) is 0 Å². The van der Waals surface area contributed by atoms with Crippen molar-refractivity contribution in [1.82, 2.24) is 15.0 Å². The highest BCUT2D eigenvalue weighted by Gasteiger charge is 2.17. The van der Waals surface area contributed by atoms with Gasteiger partial charge in [0.2, 0.25) is 0 Å². The van der Waals surface area contributed by atoms with Gasteiger partial charge in [0, 0.05) is 18.9 Å². The van der Waals surface area contributed by atoms with E-state index in [1.54, 1.807) is 0 Å². The first-order chi connectivity index (χ1) is 8.76. The summed E-state index contributed by atoms with van der Waals surface area (Å²) < 4.78 is 2.14. The molecule has 1 aromatic heterocycles. The molecule has 18 heavy (non-hydrogen) atoms. The fraction of sp³-hybridized carbons (Fsp3) is 0.357. The lowest BCUT2D eigenvalue weighted by Gasteiger charge is -2.17. The van der Waals surface area contributed by atoms with Gasteiger partial charge in [0.15, 0.2) is 0 Å². The Morgan fingerprint density at radius 1 is 1.33 bits per heavy atom. The Labute approximate surface area is 108 Å². The lowest BCUT2D eigenvalue weighted by molar-refractivity contribution is 0.545. The van der Waals surface area contributed by atoms with Gasteiger partial charge in [-0.15, -0.1) is 0 Å². The maximum absolute atomic E-state index is 5.70. The van der Waals surface area contributed by atoms with E-state index >= 15 is 0 Å². The molecule has 1 heterocycles. The molecular weight excluding hydrogens is 224 g/mol. The third-order valence-electron chi connectivity index (χ3n) is 3.05. The summed E-state index contributed by atoms with van der Waals surface area (Å²) in [4.78, 5) is 4.43. The Kier molecular flexibility index (Phi) is 4.12. The fourth-order valence-electron chi connectivity index (χ4n) is 2.09. The molecule has 0 spiro atoms. The van der Waals surface area contributed by atoms with Crippen LogP contribution >= 0.6 is 0 Å². The van der Waals surface area contributed by atoms with Crippen molar-refractivity contribution in [2.45, 2.75) is 32.9 Å². The standard InChI is InChI=1S/C14H20N4/c1-3-9-18-10-8-16-14(18)13(17-15)12-6-4-11(2)5-7-12/h4-8,10,13,17H,3,9,15H2,1-2H3. The van der Waals surface area contributed by atoms with Crippen molar-refractivity contribution in [2.75, 3.05) is 0 Å². The molecule has 0 saturated heterocycles. The van der Waals surface area contributed by atoms with Gasteiger partial charge in [-0.3, -0.25) is 5.84 Å². The fourth-order valence-corrected chi connectivity index (χ4v) is 2.09. The molecule has 1 unspecified atom stereocenters. The summed E-state index contributed by atoms with van der Waals surface area (Å²) in [5.41, 5.74) is 5.23. The molecule has 4 nitrogen and oxygen atoms in total. The summed E-state index contributed by atoms with van der Waals surface area (Å²) in [6.07, 6.45) is 4.90. The maximum atomic E-state index is 5.70. The van der Waals surface area contributed by atoms with Crippen LogP contribution in [0.15, 0.2) is 36.7 Å². The molecule has 2 rings (SSSR count). The van der Waals surface area contributed by atoms with E-state index in [0.29, 0.717) is 0 Å². The molecule has 1 aromatic carbocycles. The second kappa shape index (κ2) is 5.80. The smallest absolute Gasteiger partial charge is 0.131 e. The van der Waals surface area contributed by atoms with Gasteiger partial charge in [0.05, 0.1) is 0 Å². The minimum atomic E-state index is -0.0628. The van der Waals surface area contributed by atoms with Crippen LogP contribution in [0.3, 0.4) is 0 Å². The Balaban J connectivity index is 2.32. The molecule has 4 heteroatoms. The van der Waals surface area contributed by atoms with Gasteiger partial charge in [-0.1, -0.05) is 36.8 Å². The largest absolute Gasteiger partial charge is 0.333 e. The van der Waals surface area contributed by atoms with Crippen LogP contribution in [0.25, 0.3) is 0 Å². The summed E-state index contributed by atoms with van der Waals surface area (Å²) in [5, 5.41) is 0. The van der Waals surface area contributed by atoms with E-state index in [1.807, 2.05) is 12.4 Å². The Morgan fingerprint density at radius 3 is 2.67 bits per heavy atom. The number of rotatable bonds is 5. The number of hydrogen-bond donors (Lipinski definition) is 2. The minimum Gasteiger partial charge on any atom is -0.333 e. The molecule has 0 radical (unpaired) electrons. The van der Waals surface area contributed by atoms with Crippen molar-refractivity contribution in [3.8, 4) is 0 Å². The van der Waals surface area contributed by atoms with E-state index in [-0.39, 0.29) is 6.04 Å². The summed E-state index contributed by atoms with van der Waals surface area (Å²) >= 11 is 0. The number of benzene rings is 1. The zero-order chi connectivity index (χ0) is 13.0. The van der Waals surface area contributed by atoms with Crippen LogP contribution in [-0.2, 0) is 6.54 Å².